The molecule has 0 radical (unpaired) electrons. The minimum atomic E-state index is -0.421. The van der Waals surface area contributed by atoms with Crippen LogP contribution in [0, 0.1) is 10.1 Å². The fraction of sp³-hybridized carbons (Fsp3) is 0.571. The van der Waals surface area contributed by atoms with Gasteiger partial charge in [0.1, 0.15) is 0 Å². The summed E-state index contributed by atoms with van der Waals surface area (Å²) in [5.41, 5.74) is 1.68. The lowest BCUT2D eigenvalue weighted by molar-refractivity contribution is -0.384. The molecule has 0 aliphatic heterocycles. The molecule has 0 saturated carbocycles. The van der Waals surface area contributed by atoms with E-state index in [0.29, 0.717) is 19.6 Å². The third-order valence-corrected chi connectivity index (χ3v) is 3.09. The fourth-order valence-electron chi connectivity index (χ4n) is 2.05. The average Bonchev–Trinajstić information content (AvgIpc) is 2.46. The molecule has 0 bridgehead atoms. The van der Waals surface area contributed by atoms with E-state index in [1.54, 1.807) is 12.1 Å². The van der Waals surface area contributed by atoms with Crippen LogP contribution in [-0.4, -0.2) is 52.9 Å². The molecule has 1 aromatic carbocycles. The number of aliphatic hydroxyl groups is 2. The summed E-state index contributed by atoms with van der Waals surface area (Å²) in [4.78, 5) is 12.3. The maximum Gasteiger partial charge on any atom is 0.269 e. The Morgan fingerprint density at radius 1 is 1.29 bits per heavy atom. The van der Waals surface area contributed by atoms with Crippen LogP contribution in [0.2, 0.25) is 0 Å². The van der Waals surface area contributed by atoms with Crippen molar-refractivity contribution in [3.05, 3.63) is 33.9 Å². The van der Waals surface area contributed by atoms with E-state index in [4.69, 9.17) is 10.2 Å². The van der Waals surface area contributed by atoms with Crippen molar-refractivity contribution in [1.82, 2.24) is 4.90 Å². The molecule has 1 rings (SSSR count). The van der Waals surface area contributed by atoms with Gasteiger partial charge < -0.3 is 15.5 Å². The highest BCUT2D eigenvalue weighted by Gasteiger charge is 2.13. The Morgan fingerprint density at radius 2 is 1.95 bits per heavy atom. The number of rotatable bonds is 10. The SMILES string of the molecule is CCCNc1ccc([N+](=O)[O-])cc1CN(CCO)CCO. The van der Waals surface area contributed by atoms with Crippen molar-refractivity contribution in [3.8, 4) is 0 Å². The van der Waals surface area contributed by atoms with Gasteiger partial charge in [0.15, 0.2) is 0 Å². The first-order valence-electron chi connectivity index (χ1n) is 7.07. The van der Waals surface area contributed by atoms with Crippen LogP contribution in [0.1, 0.15) is 18.9 Å². The fourth-order valence-corrected chi connectivity index (χ4v) is 2.05. The smallest absolute Gasteiger partial charge is 0.269 e. The van der Waals surface area contributed by atoms with Crippen LogP contribution in [-0.2, 0) is 6.54 Å². The van der Waals surface area contributed by atoms with Gasteiger partial charge in [0.2, 0.25) is 0 Å². The number of nitro groups is 1. The average molecular weight is 297 g/mol. The standard InChI is InChI=1S/C14H23N3O4/c1-2-5-15-14-4-3-13(17(20)21)10-12(14)11-16(6-8-18)7-9-19/h3-4,10,15,18-19H,2,5-9,11H2,1H3. The van der Waals surface area contributed by atoms with Crippen LogP contribution in [0.4, 0.5) is 11.4 Å². The van der Waals surface area contributed by atoms with Crippen molar-refractivity contribution in [1.29, 1.82) is 0 Å². The summed E-state index contributed by atoms with van der Waals surface area (Å²) in [5, 5.41) is 32.2. The van der Waals surface area contributed by atoms with Gasteiger partial charge in [-0.3, -0.25) is 15.0 Å². The highest BCUT2D eigenvalue weighted by atomic mass is 16.6. The molecule has 3 N–H and O–H groups in total. The minimum Gasteiger partial charge on any atom is -0.395 e. The second kappa shape index (κ2) is 9.28. The topological polar surface area (TPSA) is 98.9 Å². The van der Waals surface area contributed by atoms with E-state index in [1.165, 1.54) is 6.07 Å². The number of anilines is 1. The second-order valence-corrected chi connectivity index (χ2v) is 4.75. The highest BCUT2D eigenvalue weighted by molar-refractivity contribution is 5.56. The molecule has 0 unspecified atom stereocenters. The lowest BCUT2D eigenvalue weighted by atomic mass is 10.1. The third-order valence-electron chi connectivity index (χ3n) is 3.09. The molecule has 0 aliphatic rings. The van der Waals surface area contributed by atoms with E-state index >= 15 is 0 Å². The number of hydrogen-bond donors (Lipinski definition) is 3. The zero-order chi connectivity index (χ0) is 15.7. The number of benzene rings is 1. The third kappa shape index (κ3) is 5.66. The van der Waals surface area contributed by atoms with Crippen molar-refractivity contribution in [2.75, 3.05) is 38.2 Å². The first-order valence-corrected chi connectivity index (χ1v) is 7.07. The van der Waals surface area contributed by atoms with Crippen LogP contribution in [0.25, 0.3) is 0 Å². The molecule has 7 heteroatoms. The summed E-state index contributed by atoms with van der Waals surface area (Å²) < 4.78 is 0. The molecule has 1 aromatic rings. The molecule has 0 saturated heterocycles. The van der Waals surface area contributed by atoms with Crippen LogP contribution in [0.3, 0.4) is 0 Å². The van der Waals surface area contributed by atoms with Crippen LogP contribution >= 0.6 is 0 Å². The predicted molar refractivity (Wildman–Crippen MR) is 81.3 cm³/mol. The number of non-ortho nitro benzene ring substituents is 1. The predicted octanol–water partition coefficient (Wildman–Crippen LogP) is 1.20. The van der Waals surface area contributed by atoms with Crippen molar-refractivity contribution >= 4 is 11.4 Å². The van der Waals surface area contributed by atoms with Crippen molar-refractivity contribution in [2.45, 2.75) is 19.9 Å². The Labute approximate surface area is 124 Å². The molecule has 0 amide bonds. The summed E-state index contributed by atoms with van der Waals surface area (Å²) in [5.74, 6) is 0. The largest absolute Gasteiger partial charge is 0.395 e. The van der Waals surface area contributed by atoms with E-state index in [9.17, 15) is 10.1 Å². The maximum atomic E-state index is 10.9. The molecule has 0 aliphatic carbocycles. The molecule has 0 aromatic heterocycles. The van der Waals surface area contributed by atoms with Crippen LogP contribution in [0.15, 0.2) is 18.2 Å². The van der Waals surface area contributed by atoms with Gasteiger partial charge in [-0.15, -0.1) is 0 Å². The Kier molecular flexibility index (Phi) is 7.66. The van der Waals surface area contributed by atoms with Gasteiger partial charge in [-0.2, -0.15) is 0 Å². The summed E-state index contributed by atoms with van der Waals surface area (Å²) in [6, 6.07) is 4.73. The van der Waals surface area contributed by atoms with Crippen molar-refractivity contribution in [3.63, 3.8) is 0 Å². The molecule has 0 atom stereocenters. The van der Waals surface area contributed by atoms with E-state index in [1.807, 2.05) is 11.8 Å². The zero-order valence-corrected chi connectivity index (χ0v) is 12.3. The minimum absolute atomic E-state index is 0.0212. The maximum absolute atomic E-state index is 10.9. The summed E-state index contributed by atoms with van der Waals surface area (Å²) >= 11 is 0. The number of aliphatic hydroxyl groups excluding tert-OH is 2. The quantitative estimate of drug-likeness (QED) is 0.443. The van der Waals surface area contributed by atoms with Crippen LogP contribution in [0.5, 0.6) is 0 Å². The molecular formula is C14H23N3O4. The number of nitrogens with zero attached hydrogens (tertiary/aromatic N) is 2. The Hall–Kier alpha value is -1.70. The molecule has 0 fully saturated rings. The van der Waals surface area contributed by atoms with E-state index < -0.39 is 4.92 Å². The highest BCUT2D eigenvalue weighted by Crippen LogP contribution is 2.23. The zero-order valence-electron chi connectivity index (χ0n) is 12.3. The first-order chi connectivity index (χ1) is 10.1. The van der Waals surface area contributed by atoms with Gasteiger partial charge in [-0.25, -0.2) is 0 Å². The summed E-state index contributed by atoms with van der Waals surface area (Å²) in [7, 11) is 0. The van der Waals surface area contributed by atoms with Gasteiger partial charge in [0, 0.05) is 44.0 Å². The number of nitrogens with one attached hydrogen (secondary N) is 1. The molecule has 118 valence electrons. The summed E-state index contributed by atoms with van der Waals surface area (Å²) in [6.07, 6.45) is 0.952. The molecule has 7 nitrogen and oxygen atoms in total. The summed E-state index contributed by atoms with van der Waals surface area (Å²) in [6.45, 7) is 4.05. The van der Waals surface area contributed by atoms with Gasteiger partial charge in [-0.05, 0) is 18.1 Å². The van der Waals surface area contributed by atoms with Gasteiger partial charge in [-0.1, -0.05) is 6.92 Å². The lowest BCUT2D eigenvalue weighted by Crippen LogP contribution is -2.29. The van der Waals surface area contributed by atoms with Crippen molar-refractivity contribution in [2.24, 2.45) is 0 Å². The van der Waals surface area contributed by atoms with E-state index in [0.717, 1.165) is 24.2 Å². The molecular weight excluding hydrogens is 274 g/mol. The normalized spacial score (nSPS) is 10.9. The Bertz CT molecular complexity index is 448. The van der Waals surface area contributed by atoms with Gasteiger partial charge >= 0.3 is 0 Å². The Balaban J connectivity index is 2.97. The van der Waals surface area contributed by atoms with Gasteiger partial charge in [0.05, 0.1) is 18.1 Å². The second-order valence-electron chi connectivity index (χ2n) is 4.75. The molecule has 0 spiro atoms. The van der Waals surface area contributed by atoms with E-state index in [-0.39, 0.29) is 18.9 Å². The van der Waals surface area contributed by atoms with Crippen molar-refractivity contribution < 1.29 is 15.1 Å². The number of hydrogen-bond acceptors (Lipinski definition) is 6. The first kappa shape index (κ1) is 17.4. The number of nitro benzene ring substituents is 1. The molecule has 21 heavy (non-hydrogen) atoms. The molecule has 0 heterocycles. The van der Waals surface area contributed by atoms with Gasteiger partial charge in [0.25, 0.3) is 5.69 Å². The monoisotopic (exact) mass is 297 g/mol. The van der Waals surface area contributed by atoms with E-state index in [2.05, 4.69) is 5.32 Å². The Morgan fingerprint density at radius 3 is 2.48 bits per heavy atom. The lowest BCUT2D eigenvalue weighted by Gasteiger charge is -2.22. The van der Waals surface area contributed by atoms with Crippen LogP contribution < -0.4 is 5.32 Å².